The van der Waals surface area contributed by atoms with Crippen molar-refractivity contribution in [3.8, 4) is 0 Å². The van der Waals surface area contributed by atoms with Crippen LogP contribution in [-0.2, 0) is 14.3 Å². The zero-order chi connectivity index (χ0) is 15.6. The lowest BCUT2D eigenvalue weighted by Gasteiger charge is -2.14. The highest BCUT2D eigenvalue weighted by atomic mass is 32.2. The molecular formula is C14H16N2O4S. The fraction of sp³-hybridized carbons (Fsp3) is 0.357. The van der Waals surface area contributed by atoms with Crippen LogP contribution in [-0.4, -0.2) is 39.5 Å². The summed E-state index contributed by atoms with van der Waals surface area (Å²) in [5.41, 5.74) is 2.57. The van der Waals surface area contributed by atoms with E-state index in [0.717, 1.165) is 28.4 Å². The van der Waals surface area contributed by atoms with Crippen molar-refractivity contribution in [1.29, 1.82) is 0 Å². The molecule has 1 unspecified atom stereocenters. The minimum absolute atomic E-state index is 0.115. The minimum atomic E-state index is -0.930. The van der Waals surface area contributed by atoms with Gasteiger partial charge in [0.1, 0.15) is 6.04 Å². The summed E-state index contributed by atoms with van der Waals surface area (Å²) in [7, 11) is 1.33. The number of imidazole rings is 1. The van der Waals surface area contributed by atoms with E-state index in [9.17, 15) is 9.59 Å². The number of methoxy groups -OCH3 is 1. The SMILES string of the molecule is COC(=O)C(C)n1c(SCC(=O)O)nc2cc(C)ccc21. The van der Waals surface area contributed by atoms with Gasteiger partial charge in [-0.05, 0) is 31.5 Å². The van der Waals surface area contributed by atoms with Gasteiger partial charge in [-0.2, -0.15) is 0 Å². The number of thioether (sulfide) groups is 1. The van der Waals surface area contributed by atoms with Gasteiger partial charge in [-0.3, -0.25) is 4.79 Å². The van der Waals surface area contributed by atoms with E-state index in [-0.39, 0.29) is 5.75 Å². The van der Waals surface area contributed by atoms with Gasteiger partial charge in [-0.15, -0.1) is 0 Å². The van der Waals surface area contributed by atoms with E-state index < -0.39 is 18.0 Å². The summed E-state index contributed by atoms with van der Waals surface area (Å²) < 4.78 is 6.49. The van der Waals surface area contributed by atoms with Crippen molar-refractivity contribution < 1.29 is 19.4 Å². The first-order valence-electron chi connectivity index (χ1n) is 6.35. The average molecular weight is 308 g/mol. The van der Waals surface area contributed by atoms with Crippen LogP contribution >= 0.6 is 11.8 Å². The van der Waals surface area contributed by atoms with Gasteiger partial charge in [0.15, 0.2) is 5.16 Å². The molecule has 0 bridgehead atoms. The predicted molar refractivity (Wildman–Crippen MR) is 79.6 cm³/mol. The highest BCUT2D eigenvalue weighted by molar-refractivity contribution is 7.99. The van der Waals surface area contributed by atoms with Gasteiger partial charge in [0.25, 0.3) is 0 Å². The molecule has 0 aliphatic heterocycles. The summed E-state index contributed by atoms with van der Waals surface area (Å²) in [5.74, 6) is -1.44. The van der Waals surface area contributed by atoms with Crippen molar-refractivity contribution in [3.63, 3.8) is 0 Å². The molecule has 2 aromatic rings. The number of benzene rings is 1. The normalized spacial score (nSPS) is 12.3. The van der Waals surface area contributed by atoms with E-state index >= 15 is 0 Å². The van der Waals surface area contributed by atoms with Gasteiger partial charge >= 0.3 is 11.9 Å². The fourth-order valence-corrected chi connectivity index (χ4v) is 2.88. The monoisotopic (exact) mass is 308 g/mol. The summed E-state index contributed by atoms with van der Waals surface area (Å²) in [6.07, 6.45) is 0. The number of ether oxygens (including phenoxy) is 1. The second-order valence-corrected chi connectivity index (χ2v) is 5.58. The summed E-state index contributed by atoms with van der Waals surface area (Å²) in [6.45, 7) is 3.66. The van der Waals surface area contributed by atoms with Crippen molar-refractivity contribution in [2.45, 2.75) is 25.0 Å². The Hall–Kier alpha value is -2.02. The fourth-order valence-electron chi connectivity index (χ4n) is 2.07. The Bertz CT molecular complexity index is 696. The number of hydrogen-bond acceptors (Lipinski definition) is 5. The van der Waals surface area contributed by atoms with E-state index in [1.807, 2.05) is 25.1 Å². The van der Waals surface area contributed by atoms with Gasteiger partial charge < -0.3 is 14.4 Å². The first-order valence-corrected chi connectivity index (χ1v) is 7.33. The highest BCUT2D eigenvalue weighted by Gasteiger charge is 2.22. The van der Waals surface area contributed by atoms with E-state index in [0.29, 0.717) is 5.16 Å². The lowest BCUT2D eigenvalue weighted by molar-refractivity contribution is -0.144. The summed E-state index contributed by atoms with van der Waals surface area (Å²) in [4.78, 5) is 27.0. The number of rotatable bonds is 5. The number of fused-ring (bicyclic) bond motifs is 1. The van der Waals surface area contributed by atoms with Crippen LogP contribution in [0.1, 0.15) is 18.5 Å². The summed E-state index contributed by atoms with van der Waals surface area (Å²) in [5, 5.41) is 9.33. The third-order valence-electron chi connectivity index (χ3n) is 3.07. The van der Waals surface area contributed by atoms with Gasteiger partial charge in [0.2, 0.25) is 0 Å². The largest absolute Gasteiger partial charge is 0.481 e. The number of carboxylic acids is 1. The Morgan fingerprint density at radius 3 is 2.81 bits per heavy atom. The topological polar surface area (TPSA) is 81.4 Å². The second kappa shape index (κ2) is 6.17. The van der Waals surface area contributed by atoms with Crippen LogP contribution in [0.3, 0.4) is 0 Å². The average Bonchev–Trinajstić information content (AvgIpc) is 2.80. The van der Waals surface area contributed by atoms with Crippen molar-refractivity contribution in [3.05, 3.63) is 23.8 Å². The molecule has 0 saturated carbocycles. The molecule has 0 spiro atoms. The van der Waals surface area contributed by atoms with Gasteiger partial charge in [-0.1, -0.05) is 17.8 Å². The molecule has 1 heterocycles. The van der Waals surface area contributed by atoms with E-state index in [2.05, 4.69) is 4.98 Å². The molecule has 1 aromatic carbocycles. The molecule has 112 valence electrons. The zero-order valence-corrected chi connectivity index (χ0v) is 12.8. The van der Waals surface area contributed by atoms with Gasteiger partial charge in [0, 0.05) is 0 Å². The number of nitrogens with zero attached hydrogens (tertiary/aromatic N) is 2. The minimum Gasteiger partial charge on any atom is -0.481 e. The number of carbonyl (C=O) groups excluding carboxylic acids is 1. The third-order valence-corrected chi connectivity index (χ3v) is 4.00. The van der Waals surface area contributed by atoms with Crippen LogP contribution in [0, 0.1) is 6.92 Å². The lowest BCUT2D eigenvalue weighted by atomic mass is 10.2. The van der Waals surface area contributed by atoms with Crippen molar-refractivity contribution >= 4 is 34.7 Å². The Kier molecular flexibility index (Phi) is 4.52. The molecule has 0 saturated heterocycles. The second-order valence-electron chi connectivity index (χ2n) is 4.64. The number of carboxylic acid groups (broad SMARTS) is 1. The molecule has 1 aromatic heterocycles. The van der Waals surface area contributed by atoms with Crippen LogP contribution < -0.4 is 0 Å². The molecule has 7 heteroatoms. The molecule has 0 aliphatic carbocycles. The molecule has 0 radical (unpaired) electrons. The maximum Gasteiger partial charge on any atom is 0.328 e. The third kappa shape index (κ3) is 3.18. The summed E-state index contributed by atoms with van der Waals surface area (Å²) in [6, 6.07) is 5.14. The molecule has 0 aliphatic rings. The molecule has 6 nitrogen and oxygen atoms in total. The number of carbonyl (C=O) groups is 2. The standard InChI is InChI=1S/C14H16N2O4S/c1-8-4-5-11-10(6-8)15-14(21-7-12(17)18)16(11)9(2)13(19)20-3/h4-6,9H,7H2,1-3H3,(H,17,18). The van der Waals surface area contributed by atoms with Crippen LogP contribution in [0.4, 0.5) is 0 Å². The summed E-state index contributed by atoms with van der Waals surface area (Å²) >= 11 is 1.09. The number of aryl methyl sites for hydroxylation is 1. The predicted octanol–water partition coefficient (Wildman–Crippen LogP) is 2.26. The molecule has 0 fully saturated rings. The quantitative estimate of drug-likeness (QED) is 0.674. The number of hydrogen-bond donors (Lipinski definition) is 1. The Balaban J connectivity index is 2.54. The van der Waals surface area contributed by atoms with E-state index in [1.165, 1.54) is 7.11 Å². The zero-order valence-electron chi connectivity index (χ0n) is 12.0. The smallest absolute Gasteiger partial charge is 0.328 e. The molecule has 0 amide bonds. The van der Waals surface area contributed by atoms with Crippen LogP contribution in [0.25, 0.3) is 11.0 Å². The molecular weight excluding hydrogens is 292 g/mol. The number of esters is 1. The first kappa shape index (κ1) is 15.4. The maximum atomic E-state index is 11.8. The Morgan fingerprint density at radius 2 is 2.19 bits per heavy atom. The Morgan fingerprint density at radius 1 is 1.48 bits per heavy atom. The number of aliphatic carboxylic acids is 1. The van der Waals surface area contributed by atoms with Crippen molar-refractivity contribution in [2.24, 2.45) is 0 Å². The molecule has 1 atom stereocenters. The first-order chi connectivity index (χ1) is 9.93. The highest BCUT2D eigenvalue weighted by Crippen LogP contribution is 2.28. The molecule has 2 rings (SSSR count). The van der Waals surface area contributed by atoms with Crippen LogP contribution in [0.15, 0.2) is 23.4 Å². The van der Waals surface area contributed by atoms with Gasteiger partial charge in [0.05, 0.1) is 23.9 Å². The van der Waals surface area contributed by atoms with Crippen LogP contribution in [0.2, 0.25) is 0 Å². The molecule has 1 N–H and O–H groups in total. The van der Waals surface area contributed by atoms with Crippen molar-refractivity contribution in [2.75, 3.05) is 12.9 Å². The van der Waals surface area contributed by atoms with Gasteiger partial charge in [-0.25, -0.2) is 9.78 Å². The lowest BCUT2D eigenvalue weighted by Crippen LogP contribution is -2.18. The number of aromatic nitrogens is 2. The maximum absolute atomic E-state index is 11.8. The Labute approximate surface area is 126 Å². The van der Waals surface area contributed by atoms with Crippen LogP contribution in [0.5, 0.6) is 0 Å². The van der Waals surface area contributed by atoms with E-state index in [4.69, 9.17) is 9.84 Å². The van der Waals surface area contributed by atoms with E-state index in [1.54, 1.807) is 11.5 Å². The van der Waals surface area contributed by atoms with Crippen molar-refractivity contribution in [1.82, 2.24) is 9.55 Å². The molecule has 21 heavy (non-hydrogen) atoms.